The highest BCUT2D eigenvalue weighted by Gasteiger charge is 2.20. The van der Waals surface area contributed by atoms with Crippen molar-refractivity contribution in [3.05, 3.63) is 40.7 Å². The maximum absolute atomic E-state index is 12.4. The zero-order chi connectivity index (χ0) is 13.8. The Morgan fingerprint density at radius 3 is 3.00 bits per heavy atom. The van der Waals surface area contributed by atoms with E-state index < -0.39 is 0 Å². The second kappa shape index (κ2) is 5.90. The topological polar surface area (TPSA) is 69.9 Å². The van der Waals surface area contributed by atoms with Gasteiger partial charge in [0.25, 0.3) is 0 Å². The highest BCUT2D eigenvalue weighted by Crippen LogP contribution is 2.18. The van der Waals surface area contributed by atoms with Gasteiger partial charge in [-0.1, -0.05) is 11.6 Å². The van der Waals surface area contributed by atoms with Crippen LogP contribution < -0.4 is 0 Å². The molecule has 0 fully saturated rings. The molecule has 0 aromatic carbocycles. The molecule has 0 spiro atoms. The number of aryl methyl sites for hydroxylation is 1. The van der Waals surface area contributed by atoms with Crippen molar-refractivity contribution in [2.45, 2.75) is 13.5 Å². The van der Waals surface area contributed by atoms with Gasteiger partial charge in [-0.15, -0.1) is 0 Å². The number of ether oxygens (including phenoxy) is 1. The summed E-state index contributed by atoms with van der Waals surface area (Å²) in [5.41, 5.74) is 0.616. The predicted molar refractivity (Wildman–Crippen MR) is 69.3 cm³/mol. The summed E-state index contributed by atoms with van der Waals surface area (Å²) in [5.74, 6) is 0.258. The van der Waals surface area contributed by atoms with Gasteiger partial charge in [-0.2, -0.15) is 5.10 Å². The van der Waals surface area contributed by atoms with Gasteiger partial charge in [0.15, 0.2) is 0 Å². The molecule has 0 aliphatic heterocycles. The number of methoxy groups -OCH3 is 1. The van der Waals surface area contributed by atoms with E-state index in [4.69, 9.17) is 16.3 Å². The zero-order valence-electron chi connectivity index (χ0n) is 10.6. The van der Waals surface area contributed by atoms with Crippen LogP contribution >= 0.6 is 11.6 Å². The minimum Gasteiger partial charge on any atom is -0.383 e. The summed E-state index contributed by atoms with van der Waals surface area (Å²) >= 11 is 6.02. The Morgan fingerprint density at radius 2 is 2.32 bits per heavy atom. The number of hydrogen-bond acceptors (Lipinski definition) is 5. The molecule has 0 bridgehead atoms. The van der Waals surface area contributed by atoms with Crippen molar-refractivity contribution in [2.24, 2.45) is 0 Å². The van der Waals surface area contributed by atoms with Crippen LogP contribution in [-0.4, -0.2) is 39.2 Å². The third kappa shape index (κ3) is 2.97. The van der Waals surface area contributed by atoms with Crippen molar-refractivity contribution < 1.29 is 9.53 Å². The quantitative estimate of drug-likeness (QED) is 0.777. The Balaban J connectivity index is 2.35. The van der Waals surface area contributed by atoms with E-state index in [1.54, 1.807) is 26.3 Å². The van der Waals surface area contributed by atoms with Crippen molar-refractivity contribution >= 4 is 17.4 Å². The van der Waals surface area contributed by atoms with E-state index in [2.05, 4.69) is 15.1 Å². The van der Waals surface area contributed by atoms with E-state index in [0.717, 1.165) is 0 Å². The predicted octanol–water partition coefficient (Wildman–Crippen LogP) is 1.51. The molecule has 0 aliphatic carbocycles. The Morgan fingerprint density at radius 1 is 1.53 bits per heavy atom. The van der Waals surface area contributed by atoms with Gasteiger partial charge in [0.05, 0.1) is 24.4 Å². The molecule has 2 heterocycles. The Bertz CT molecular complexity index is 597. The third-order valence-electron chi connectivity index (χ3n) is 2.53. The van der Waals surface area contributed by atoms with E-state index >= 15 is 0 Å². The van der Waals surface area contributed by atoms with E-state index in [0.29, 0.717) is 35.4 Å². The Labute approximate surface area is 115 Å². The summed E-state index contributed by atoms with van der Waals surface area (Å²) in [6, 6.07) is 1.55. The normalized spacial score (nSPS) is 10.7. The second-order valence-corrected chi connectivity index (χ2v) is 4.28. The molecule has 6 nitrogen and oxygen atoms in total. The molecule has 0 N–H and O–H groups in total. The molecule has 0 aliphatic rings. The van der Waals surface area contributed by atoms with Crippen LogP contribution in [0.15, 0.2) is 18.5 Å². The molecule has 19 heavy (non-hydrogen) atoms. The number of halogens is 1. The summed E-state index contributed by atoms with van der Waals surface area (Å²) in [6.07, 6.45) is 2.98. The van der Waals surface area contributed by atoms with Gasteiger partial charge in [-0.3, -0.25) is 9.48 Å². The first-order valence-corrected chi connectivity index (χ1v) is 6.06. The fraction of sp³-hybridized carbons (Fsp3) is 0.333. The number of aromatic nitrogens is 4. The largest absolute Gasteiger partial charge is 0.383 e. The van der Waals surface area contributed by atoms with Crippen LogP contribution in [-0.2, 0) is 11.3 Å². The summed E-state index contributed by atoms with van der Waals surface area (Å²) in [7, 11) is 1.58. The average Bonchev–Trinajstić information content (AvgIpc) is 2.76. The number of carbonyl (C=O) groups is 1. The summed E-state index contributed by atoms with van der Waals surface area (Å²) < 4.78 is 6.49. The average molecular weight is 281 g/mol. The standard InChI is InChI=1S/C12H13ClN4O2/c1-8-14-4-3-10(16-8)12(18)11-9(13)7-15-17(11)5-6-19-2/h3-4,7H,5-6H2,1-2H3. The fourth-order valence-electron chi connectivity index (χ4n) is 1.64. The first-order chi connectivity index (χ1) is 9.13. The smallest absolute Gasteiger partial charge is 0.230 e. The van der Waals surface area contributed by atoms with Crippen LogP contribution in [0.25, 0.3) is 0 Å². The fourth-order valence-corrected chi connectivity index (χ4v) is 1.87. The van der Waals surface area contributed by atoms with Crippen molar-refractivity contribution in [1.82, 2.24) is 19.7 Å². The van der Waals surface area contributed by atoms with Crippen LogP contribution in [0.1, 0.15) is 22.0 Å². The number of hydrogen-bond donors (Lipinski definition) is 0. The molecule has 0 atom stereocenters. The van der Waals surface area contributed by atoms with Gasteiger partial charge >= 0.3 is 0 Å². The van der Waals surface area contributed by atoms with Crippen LogP contribution in [0.3, 0.4) is 0 Å². The van der Waals surface area contributed by atoms with Crippen LogP contribution in [0.4, 0.5) is 0 Å². The minimum atomic E-state index is -0.274. The lowest BCUT2D eigenvalue weighted by Crippen LogP contribution is -2.16. The van der Waals surface area contributed by atoms with E-state index in [1.807, 2.05) is 0 Å². The summed E-state index contributed by atoms with van der Waals surface area (Å²) in [4.78, 5) is 20.4. The van der Waals surface area contributed by atoms with Crippen molar-refractivity contribution in [1.29, 1.82) is 0 Å². The second-order valence-electron chi connectivity index (χ2n) is 3.88. The van der Waals surface area contributed by atoms with Crippen molar-refractivity contribution in [3.63, 3.8) is 0 Å². The minimum absolute atomic E-state index is 0.274. The van der Waals surface area contributed by atoms with Crippen molar-refractivity contribution in [2.75, 3.05) is 13.7 Å². The lowest BCUT2D eigenvalue weighted by atomic mass is 10.2. The lowest BCUT2D eigenvalue weighted by Gasteiger charge is -2.06. The van der Waals surface area contributed by atoms with Crippen LogP contribution in [0.5, 0.6) is 0 Å². The molecule has 0 amide bonds. The molecular weight excluding hydrogens is 268 g/mol. The molecular formula is C12H13ClN4O2. The summed E-state index contributed by atoms with van der Waals surface area (Å²) in [5, 5.41) is 4.37. The maximum Gasteiger partial charge on any atom is 0.230 e. The van der Waals surface area contributed by atoms with E-state index in [1.165, 1.54) is 10.9 Å². The van der Waals surface area contributed by atoms with Crippen LogP contribution in [0.2, 0.25) is 5.02 Å². The van der Waals surface area contributed by atoms with E-state index in [9.17, 15) is 4.79 Å². The number of rotatable bonds is 5. The van der Waals surface area contributed by atoms with Gasteiger partial charge in [-0.05, 0) is 13.0 Å². The molecule has 0 saturated carbocycles. The maximum atomic E-state index is 12.4. The zero-order valence-corrected chi connectivity index (χ0v) is 11.4. The van der Waals surface area contributed by atoms with E-state index in [-0.39, 0.29) is 5.78 Å². The Kier molecular flexibility index (Phi) is 4.24. The first-order valence-electron chi connectivity index (χ1n) is 5.68. The lowest BCUT2D eigenvalue weighted by molar-refractivity contribution is 0.102. The highest BCUT2D eigenvalue weighted by atomic mass is 35.5. The third-order valence-corrected chi connectivity index (χ3v) is 2.80. The SMILES string of the molecule is COCCn1ncc(Cl)c1C(=O)c1ccnc(C)n1. The number of ketones is 1. The molecule has 7 heteroatoms. The Hall–Kier alpha value is -1.79. The highest BCUT2D eigenvalue weighted by molar-refractivity contribution is 6.34. The molecule has 100 valence electrons. The van der Waals surface area contributed by atoms with Crippen LogP contribution in [0, 0.1) is 6.92 Å². The molecule has 0 radical (unpaired) electrons. The molecule has 2 rings (SSSR count). The molecule has 0 unspecified atom stereocenters. The number of nitrogens with zero attached hydrogens (tertiary/aromatic N) is 4. The van der Waals surface area contributed by atoms with Gasteiger partial charge in [-0.25, -0.2) is 9.97 Å². The van der Waals surface area contributed by atoms with Gasteiger partial charge < -0.3 is 4.74 Å². The molecule has 2 aromatic heterocycles. The monoisotopic (exact) mass is 280 g/mol. The van der Waals surface area contributed by atoms with Gasteiger partial charge in [0.2, 0.25) is 5.78 Å². The van der Waals surface area contributed by atoms with Gasteiger partial charge in [0, 0.05) is 13.3 Å². The molecule has 2 aromatic rings. The summed E-state index contributed by atoms with van der Waals surface area (Å²) in [6.45, 7) is 2.62. The first kappa shape index (κ1) is 13.6. The van der Waals surface area contributed by atoms with Crippen molar-refractivity contribution in [3.8, 4) is 0 Å². The number of carbonyl (C=O) groups excluding carboxylic acids is 1. The molecule has 0 saturated heterocycles. The van der Waals surface area contributed by atoms with Gasteiger partial charge in [0.1, 0.15) is 17.2 Å².